The van der Waals surface area contributed by atoms with Crippen LogP contribution in [0.4, 0.5) is 0 Å². The molecular weight excluding hydrogens is 182 g/mol. The molecule has 0 aliphatic heterocycles. The first kappa shape index (κ1) is 7.55. The van der Waals surface area contributed by atoms with E-state index in [9.17, 15) is 9.59 Å². The van der Waals surface area contributed by atoms with E-state index in [-0.39, 0.29) is 5.56 Å². The molecule has 0 bridgehead atoms. The Morgan fingerprint density at radius 3 is 2.43 bits per heavy atom. The minimum Gasteiger partial charge on any atom is -0.481 e. The molecule has 3 N–H and O–H groups in total. The predicted octanol–water partition coefficient (Wildman–Crippen LogP) is 0.730. The van der Waals surface area contributed by atoms with Crippen LogP contribution in [0.25, 0.3) is 0 Å². The summed E-state index contributed by atoms with van der Waals surface area (Å²) in [4.78, 5) is 21.9. The van der Waals surface area contributed by atoms with E-state index in [1.54, 1.807) is 18.2 Å². The molecule has 0 aliphatic carbocycles. The summed E-state index contributed by atoms with van der Waals surface area (Å²) in [7, 11) is 0. The lowest BCUT2D eigenvalue weighted by Crippen LogP contribution is -2.20. The van der Waals surface area contributed by atoms with Crippen molar-refractivity contribution in [2.24, 2.45) is 5.73 Å². The maximum Gasteiger partial charge on any atom is 0.311 e. The van der Waals surface area contributed by atoms with Crippen LogP contribution in [0.5, 0.6) is 0 Å². The lowest BCUT2D eigenvalue weighted by Gasteiger charge is -2.09. The molecule has 4 heteroatoms. The van der Waals surface area contributed by atoms with Crippen LogP contribution in [-0.2, 0) is 9.59 Å². The molecule has 0 aliphatic rings. The van der Waals surface area contributed by atoms with Gasteiger partial charge in [-0.2, -0.15) is 0 Å². The topological polar surface area (TPSA) is 80.4 Å². The van der Waals surface area contributed by atoms with E-state index in [1.165, 1.54) is 12.1 Å². The van der Waals surface area contributed by atoms with E-state index in [1.807, 2.05) is 0 Å². The van der Waals surface area contributed by atoms with Crippen LogP contribution in [0.3, 0.4) is 0 Å². The number of carboxylic acids is 1. The second kappa shape index (κ2) is 4.41. The van der Waals surface area contributed by atoms with Crippen LogP contribution < -0.4 is 5.73 Å². The molecule has 1 aromatic rings. The van der Waals surface area contributed by atoms with Crippen LogP contribution in [0.1, 0.15) is 20.6 Å². The molecule has 4 nitrogen and oxygen atoms in total. The molecule has 0 saturated carbocycles. The summed E-state index contributed by atoms with van der Waals surface area (Å²) in [5.41, 5.74) is 5.08. The van der Waals surface area contributed by atoms with Gasteiger partial charge in [-0.05, 0) is 5.56 Å². The zero-order valence-corrected chi connectivity index (χ0v) is 7.31. The first-order chi connectivity index (χ1) is 7.37. The van der Waals surface area contributed by atoms with Crippen LogP contribution in [0.15, 0.2) is 30.3 Å². The number of rotatable bonds is 4. The van der Waals surface area contributed by atoms with Crippen molar-refractivity contribution in [3.05, 3.63) is 35.9 Å². The molecule has 0 heterocycles. The third-order valence-corrected chi connectivity index (χ3v) is 1.67. The van der Waals surface area contributed by atoms with Crippen molar-refractivity contribution < 1.29 is 17.4 Å². The first-order valence-electron chi connectivity index (χ1n) is 4.95. The van der Waals surface area contributed by atoms with E-state index in [0.29, 0.717) is 0 Å². The van der Waals surface area contributed by atoms with Gasteiger partial charge >= 0.3 is 5.97 Å². The number of carboxylic acid groups (broad SMARTS) is 1. The quantitative estimate of drug-likeness (QED) is 0.743. The Morgan fingerprint density at radius 2 is 2.00 bits per heavy atom. The lowest BCUT2D eigenvalue weighted by atomic mass is 9.96. The Morgan fingerprint density at radius 1 is 1.43 bits per heavy atom. The average Bonchev–Trinajstić information content (AvgIpc) is 2.18. The standard InChI is InChI=1S/C10H11NO3/c11-9(12)6-8(10(13)14)7-4-2-1-3-5-7/h1-5,8H,6H2,(H2,11,12)(H,13,14)/i6D2. The average molecular weight is 195 g/mol. The SMILES string of the molecule is [2H]C([2H])(C(N)=O)C(C(=O)O)c1ccccc1. The fourth-order valence-electron chi connectivity index (χ4n) is 1.08. The monoisotopic (exact) mass is 195 g/mol. The summed E-state index contributed by atoms with van der Waals surface area (Å²) in [6, 6.07) is 7.70. The minimum absolute atomic E-state index is 0.207. The van der Waals surface area contributed by atoms with Gasteiger partial charge in [0.1, 0.15) is 0 Å². The maximum atomic E-state index is 11.0. The summed E-state index contributed by atoms with van der Waals surface area (Å²) in [6.07, 6.45) is -2.62. The van der Waals surface area contributed by atoms with Gasteiger partial charge < -0.3 is 10.8 Å². The fraction of sp³-hybridized carbons (Fsp3) is 0.200. The number of amides is 1. The lowest BCUT2D eigenvalue weighted by molar-refractivity contribution is -0.140. The molecular formula is C10H11NO3. The third kappa shape index (κ3) is 2.58. The van der Waals surface area contributed by atoms with Crippen molar-refractivity contribution >= 4 is 11.9 Å². The highest BCUT2D eigenvalue weighted by Gasteiger charge is 2.21. The molecule has 14 heavy (non-hydrogen) atoms. The van der Waals surface area contributed by atoms with Gasteiger partial charge in [-0.15, -0.1) is 0 Å². The van der Waals surface area contributed by atoms with E-state index in [2.05, 4.69) is 0 Å². The van der Waals surface area contributed by atoms with Crippen molar-refractivity contribution in [3.63, 3.8) is 0 Å². The zero-order valence-electron chi connectivity index (χ0n) is 9.31. The highest BCUT2D eigenvalue weighted by Crippen LogP contribution is 2.18. The Labute approximate surface area is 84.2 Å². The van der Waals surface area contributed by atoms with Gasteiger partial charge in [-0.3, -0.25) is 9.59 Å². The third-order valence-electron chi connectivity index (χ3n) is 1.67. The molecule has 1 atom stereocenters. The first-order valence-corrected chi connectivity index (χ1v) is 3.95. The van der Waals surface area contributed by atoms with Gasteiger partial charge in [-0.25, -0.2) is 0 Å². The van der Waals surface area contributed by atoms with Gasteiger partial charge in [0, 0.05) is 9.11 Å². The number of primary amides is 1. The number of carbonyl (C=O) groups excluding carboxylic acids is 1. The Balaban J connectivity index is 3.21. The van der Waals surface area contributed by atoms with Crippen LogP contribution >= 0.6 is 0 Å². The number of aliphatic carboxylic acids is 1. The van der Waals surface area contributed by atoms with Gasteiger partial charge in [0.15, 0.2) is 0 Å². The number of hydrogen-bond acceptors (Lipinski definition) is 2. The van der Waals surface area contributed by atoms with Crippen molar-refractivity contribution in [3.8, 4) is 0 Å². The Kier molecular flexibility index (Phi) is 2.38. The maximum absolute atomic E-state index is 11.0. The van der Waals surface area contributed by atoms with Crippen molar-refractivity contribution in [2.75, 3.05) is 0 Å². The molecule has 0 fully saturated rings. The second-order valence-electron chi connectivity index (χ2n) is 2.69. The molecule has 74 valence electrons. The highest BCUT2D eigenvalue weighted by atomic mass is 16.4. The normalized spacial score (nSPS) is 15.1. The predicted molar refractivity (Wildman–Crippen MR) is 50.6 cm³/mol. The van der Waals surface area contributed by atoms with E-state index in [0.717, 1.165) is 0 Å². The summed E-state index contributed by atoms with van der Waals surface area (Å²) >= 11 is 0. The van der Waals surface area contributed by atoms with Gasteiger partial charge in [-0.1, -0.05) is 30.3 Å². The molecule has 1 rings (SSSR count). The summed E-state index contributed by atoms with van der Waals surface area (Å²) in [5.74, 6) is -4.30. The molecule has 0 aromatic heterocycles. The van der Waals surface area contributed by atoms with E-state index >= 15 is 0 Å². The van der Waals surface area contributed by atoms with E-state index in [4.69, 9.17) is 13.6 Å². The smallest absolute Gasteiger partial charge is 0.311 e. The number of nitrogens with two attached hydrogens (primary N) is 1. The molecule has 1 aromatic carbocycles. The Bertz CT molecular complexity index is 406. The van der Waals surface area contributed by atoms with Crippen molar-refractivity contribution in [2.45, 2.75) is 12.3 Å². The number of carbonyl (C=O) groups is 2. The van der Waals surface area contributed by atoms with E-state index < -0.39 is 24.2 Å². The number of hydrogen-bond donors (Lipinski definition) is 2. The highest BCUT2D eigenvalue weighted by molar-refractivity contribution is 5.84. The van der Waals surface area contributed by atoms with Gasteiger partial charge in [0.25, 0.3) is 0 Å². The fourth-order valence-corrected chi connectivity index (χ4v) is 1.08. The summed E-state index contributed by atoms with van der Waals surface area (Å²) in [6.45, 7) is 0. The molecule has 0 saturated heterocycles. The van der Waals surface area contributed by atoms with Crippen LogP contribution in [0.2, 0.25) is 0 Å². The molecule has 1 amide bonds. The molecule has 0 spiro atoms. The Hall–Kier alpha value is -1.84. The molecule has 0 radical (unpaired) electrons. The van der Waals surface area contributed by atoms with Gasteiger partial charge in [0.05, 0.1) is 5.92 Å². The second-order valence-corrected chi connectivity index (χ2v) is 2.69. The zero-order chi connectivity index (χ0) is 12.3. The number of benzene rings is 1. The molecule has 1 unspecified atom stereocenters. The van der Waals surface area contributed by atoms with Crippen molar-refractivity contribution in [1.82, 2.24) is 0 Å². The van der Waals surface area contributed by atoms with Gasteiger partial charge in [0.2, 0.25) is 5.91 Å². The minimum atomic E-state index is -2.62. The summed E-state index contributed by atoms with van der Waals surface area (Å²) < 4.78 is 14.8. The largest absolute Gasteiger partial charge is 0.481 e. The van der Waals surface area contributed by atoms with Crippen LogP contribution in [0, 0.1) is 0 Å². The van der Waals surface area contributed by atoms with Crippen LogP contribution in [-0.4, -0.2) is 17.0 Å². The van der Waals surface area contributed by atoms with Crippen molar-refractivity contribution in [1.29, 1.82) is 0 Å². The summed E-state index contributed by atoms with van der Waals surface area (Å²) in [5, 5.41) is 8.96.